The number of nitrogens with two attached hydrogens (primary N) is 1. The lowest BCUT2D eigenvalue weighted by atomic mass is 10.1. The minimum atomic E-state index is -0.789. The van der Waals surface area contributed by atoms with Gasteiger partial charge in [0.15, 0.2) is 5.58 Å². The van der Waals surface area contributed by atoms with Crippen molar-refractivity contribution in [2.24, 2.45) is 5.73 Å². The lowest BCUT2D eigenvalue weighted by molar-refractivity contribution is -0.384. The van der Waals surface area contributed by atoms with Crippen molar-refractivity contribution in [3.63, 3.8) is 0 Å². The van der Waals surface area contributed by atoms with Gasteiger partial charge in [0.2, 0.25) is 0 Å². The Labute approximate surface area is 145 Å². The summed E-state index contributed by atoms with van der Waals surface area (Å²) in [5, 5.41) is 10.9. The molecule has 0 saturated carbocycles. The molecule has 128 valence electrons. The number of hydrogen-bond donors (Lipinski definition) is 1. The first-order valence-corrected chi connectivity index (χ1v) is 8.18. The molecule has 0 aliphatic carbocycles. The second-order valence-electron chi connectivity index (χ2n) is 5.17. The molecule has 0 saturated heterocycles. The number of carbonyl (C=O) groups is 1. The largest absolute Gasteiger partial charge is 0.430 e. The molecule has 7 nitrogen and oxygen atoms in total. The predicted octanol–water partition coefficient (Wildman–Crippen LogP) is 3.31. The number of fused-ring (bicyclic) bond motifs is 1. The molecule has 1 aromatic heterocycles. The van der Waals surface area contributed by atoms with Gasteiger partial charge in [-0.15, -0.1) is 0 Å². The maximum atomic E-state index is 13.5. The third-order valence-electron chi connectivity index (χ3n) is 3.46. The van der Waals surface area contributed by atoms with Gasteiger partial charge >= 0.3 is 0 Å². The molecular weight excluding hydrogens is 349 g/mol. The number of amides is 1. The lowest BCUT2D eigenvalue weighted by Gasteiger charge is -1.99. The Balaban J connectivity index is 1.70. The van der Waals surface area contributed by atoms with Crippen molar-refractivity contribution in [2.45, 2.75) is 11.6 Å². The SMILES string of the molecule is NC(=O)c1cc(F)cc2nc(SCCc3ccc([N+](=O)[O-])cc3)oc12. The highest BCUT2D eigenvalue weighted by Crippen LogP contribution is 2.27. The molecule has 9 heteroatoms. The van der Waals surface area contributed by atoms with E-state index in [1.165, 1.54) is 30.0 Å². The monoisotopic (exact) mass is 361 g/mol. The van der Waals surface area contributed by atoms with Crippen LogP contribution in [0.1, 0.15) is 15.9 Å². The average Bonchev–Trinajstić information content (AvgIpc) is 2.96. The summed E-state index contributed by atoms with van der Waals surface area (Å²) in [7, 11) is 0. The lowest BCUT2D eigenvalue weighted by Crippen LogP contribution is -2.11. The quantitative estimate of drug-likeness (QED) is 0.409. The Morgan fingerprint density at radius 3 is 2.68 bits per heavy atom. The number of rotatable bonds is 6. The zero-order valence-corrected chi connectivity index (χ0v) is 13.6. The highest BCUT2D eigenvalue weighted by Gasteiger charge is 2.16. The van der Waals surface area contributed by atoms with Crippen molar-refractivity contribution < 1.29 is 18.5 Å². The maximum Gasteiger partial charge on any atom is 0.269 e. The van der Waals surface area contributed by atoms with Gasteiger partial charge in [-0.05, 0) is 18.1 Å². The third-order valence-corrected chi connectivity index (χ3v) is 4.29. The maximum absolute atomic E-state index is 13.5. The molecule has 0 unspecified atom stereocenters. The molecule has 0 aliphatic rings. The molecule has 0 spiro atoms. The van der Waals surface area contributed by atoms with Crippen LogP contribution in [0.5, 0.6) is 0 Å². The van der Waals surface area contributed by atoms with E-state index in [0.29, 0.717) is 17.4 Å². The number of aromatic nitrogens is 1. The third kappa shape index (κ3) is 3.77. The molecule has 0 radical (unpaired) electrons. The number of carbonyl (C=O) groups excluding carboxylic acids is 1. The van der Waals surface area contributed by atoms with Crippen molar-refractivity contribution in [1.29, 1.82) is 0 Å². The number of nitro groups is 1. The number of nitrogens with zero attached hydrogens (tertiary/aromatic N) is 2. The summed E-state index contributed by atoms with van der Waals surface area (Å²) >= 11 is 1.29. The minimum absolute atomic E-state index is 0.0383. The van der Waals surface area contributed by atoms with Crippen molar-refractivity contribution in [3.8, 4) is 0 Å². The number of benzene rings is 2. The van der Waals surface area contributed by atoms with E-state index in [1.807, 2.05) is 0 Å². The molecule has 0 bridgehead atoms. The van der Waals surface area contributed by atoms with E-state index >= 15 is 0 Å². The van der Waals surface area contributed by atoms with Gasteiger partial charge < -0.3 is 10.2 Å². The van der Waals surface area contributed by atoms with Crippen molar-refractivity contribution in [3.05, 3.63) is 63.5 Å². The number of thioether (sulfide) groups is 1. The molecule has 1 amide bonds. The van der Waals surface area contributed by atoms with Gasteiger partial charge in [0.05, 0.1) is 10.5 Å². The first-order chi connectivity index (χ1) is 11.9. The van der Waals surface area contributed by atoms with E-state index in [2.05, 4.69) is 4.98 Å². The van der Waals surface area contributed by atoms with Crippen LogP contribution in [-0.2, 0) is 6.42 Å². The second-order valence-corrected chi connectivity index (χ2v) is 6.21. The Morgan fingerprint density at radius 1 is 1.32 bits per heavy atom. The fraction of sp³-hybridized carbons (Fsp3) is 0.125. The van der Waals surface area contributed by atoms with Crippen LogP contribution < -0.4 is 5.73 Å². The van der Waals surface area contributed by atoms with Gasteiger partial charge in [-0.3, -0.25) is 14.9 Å². The predicted molar refractivity (Wildman–Crippen MR) is 90.0 cm³/mol. The van der Waals surface area contributed by atoms with E-state index < -0.39 is 16.6 Å². The molecule has 1 heterocycles. The van der Waals surface area contributed by atoms with Crippen LogP contribution in [0.15, 0.2) is 46.0 Å². The summed E-state index contributed by atoms with van der Waals surface area (Å²) in [6.45, 7) is 0. The van der Waals surface area contributed by atoms with Crippen LogP contribution >= 0.6 is 11.8 Å². The molecule has 25 heavy (non-hydrogen) atoms. The second kappa shape index (κ2) is 6.89. The molecular formula is C16H12FN3O4S. The van der Waals surface area contributed by atoms with Gasteiger partial charge in [0.1, 0.15) is 11.3 Å². The van der Waals surface area contributed by atoms with E-state index in [4.69, 9.17) is 10.2 Å². The van der Waals surface area contributed by atoms with Crippen molar-refractivity contribution in [1.82, 2.24) is 4.98 Å². The number of primary amides is 1. The normalized spacial score (nSPS) is 10.9. The summed E-state index contributed by atoms with van der Waals surface area (Å²) in [5.74, 6) is -0.806. The molecule has 3 aromatic rings. The van der Waals surface area contributed by atoms with Gasteiger partial charge in [-0.2, -0.15) is 0 Å². The zero-order chi connectivity index (χ0) is 18.0. The summed E-state index contributed by atoms with van der Waals surface area (Å²) in [5.41, 5.74) is 6.52. The van der Waals surface area contributed by atoms with Crippen LogP contribution in [0, 0.1) is 15.9 Å². The number of halogens is 1. The average molecular weight is 361 g/mol. The number of hydrogen-bond acceptors (Lipinski definition) is 6. The minimum Gasteiger partial charge on any atom is -0.430 e. The number of non-ortho nitro benzene ring substituents is 1. The van der Waals surface area contributed by atoms with Crippen LogP contribution in [0.4, 0.5) is 10.1 Å². The number of aryl methyl sites for hydroxylation is 1. The Bertz CT molecular complexity index is 956. The first kappa shape index (κ1) is 16.9. The topological polar surface area (TPSA) is 112 Å². The van der Waals surface area contributed by atoms with E-state index in [9.17, 15) is 19.3 Å². The Kier molecular flexibility index (Phi) is 4.66. The molecule has 0 aliphatic heterocycles. The smallest absolute Gasteiger partial charge is 0.269 e. The Morgan fingerprint density at radius 2 is 2.04 bits per heavy atom. The highest BCUT2D eigenvalue weighted by atomic mass is 32.2. The van der Waals surface area contributed by atoms with Crippen molar-refractivity contribution in [2.75, 3.05) is 5.75 Å². The van der Waals surface area contributed by atoms with Gasteiger partial charge in [0.25, 0.3) is 16.8 Å². The van der Waals surface area contributed by atoms with E-state index in [-0.39, 0.29) is 22.4 Å². The summed E-state index contributed by atoms with van der Waals surface area (Å²) in [6.07, 6.45) is 0.637. The van der Waals surface area contributed by atoms with Gasteiger partial charge in [0, 0.05) is 24.0 Å². The van der Waals surface area contributed by atoms with E-state index in [0.717, 1.165) is 11.6 Å². The molecule has 2 N–H and O–H groups in total. The summed E-state index contributed by atoms with van der Waals surface area (Å²) in [6, 6.07) is 8.45. The highest BCUT2D eigenvalue weighted by molar-refractivity contribution is 7.99. The molecule has 0 atom stereocenters. The summed E-state index contributed by atoms with van der Waals surface area (Å²) in [4.78, 5) is 25.7. The van der Waals surface area contributed by atoms with Gasteiger partial charge in [-0.1, -0.05) is 23.9 Å². The Hall–Kier alpha value is -2.94. The summed E-state index contributed by atoms with van der Waals surface area (Å²) < 4.78 is 19.0. The van der Waals surface area contributed by atoms with Crippen LogP contribution in [0.25, 0.3) is 11.1 Å². The van der Waals surface area contributed by atoms with Crippen LogP contribution in [0.3, 0.4) is 0 Å². The molecule has 0 fully saturated rings. The number of nitro benzene ring substituents is 1. The molecule has 3 rings (SSSR count). The number of oxazole rings is 1. The van der Waals surface area contributed by atoms with Gasteiger partial charge in [-0.25, -0.2) is 9.37 Å². The van der Waals surface area contributed by atoms with Crippen molar-refractivity contribution >= 4 is 34.5 Å². The standard InChI is InChI=1S/C16H12FN3O4S/c17-10-7-12(15(18)21)14-13(8-10)19-16(24-14)25-6-5-9-1-3-11(4-2-9)20(22)23/h1-4,7-8H,5-6H2,(H2,18,21). The van der Waals surface area contributed by atoms with Crippen LogP contribution in [0.2, 0.25) is 0 Å². The van der Waals surface area contributed by atoms with Crippen LogP contribution in [-0.4, -0.2) is 21.6 Å². The van der Waals surface area contributed by atoms with E-state index in [1.54, 1.807) is 12.1 Å². The molecule has 2 aromatic carbocycles. The first-order valence-electron chi connectivity index (χ1n) is 7.20. The fourth-order valence-corrected chi connectivity index (χ4v) is 3.08. The zero-order valence-electron chi connectivity index (χ0n) is 12.8. The fourth-order valence-electron chi connectivity index (χ4n) is 2.26.